The van der Waals surface area contributed by atoms with Crippen LogP contribution in [0.1, 0.15) is 18.4 Å². The SMILES string of the molecule is COc1ccc(NC(=O)C2CCN(c3ccc(-c4ccccc4C)nn3)CC2)c(OC)c1. The molecule has 7 nitrogen and oxygen atoms in total. The Hall–Kier alpha value is -3.61. The van der Waals surface area contributed by atoms with Crippen molar-refractivity contribution in [3.63, 3.8) is 0 Å². The lowest BCUT2D eigenvalue weighted by Gasteiger charge is -2.32. The minimum absolute atomic E-state index is 0.00843. The smallest absolute Gasteiger partial charge is 0.227 e. The number of rotatable bonds is 6. The highest BCUT2D eigenvalue weighted by atomic mass is 16.5. The van der Waals surface area contributed by atoms with Crippen LogP contribution >= 0.6 is 0 Å². The molecule has 2 heterocycles. The first kappa shape index (κ1) is 21.6. The molecule has 166 valence electrons. The Morgan fingerprint density at radius 1 is 1.00 bits per heavy atom. The average Bonchev–Trinajstić information content (AvgIpc) is 2.85. The number of nitrogens with one attached hydrogen (secondary N) is 1. The number of hydrogen-bond donors (Lipinski definition) is 1. The molecule has 1 amide bonds. The van der Waals surface area contributed by atoms with Crippen LogP contribution in [-0.4, -0.2) is 43.4 Å². The monoisotopic (exact) mass is 432 g/mol. The van der Waals surface area contributed by atoms with E-state index in [1.165, 1.54) is 5.56 Å². The van der Waals surface area contributed by atoms with Crippen molar-refractivity contribution in [1.29, 1.82) is 0 Å². The number of piperidine rings is 1. The summed E-state index contributed by atoms with van der Waals surface area (Å²) in [7, 11) is 3.18. The minimum atomic E-state index is -0.0581. The Balaban J connectivity index is 1.36. The number of aromatic nitrogens is 2. The summed E-state index contributed by atoms with van der Waals surface area (Å²) in [6, 6.07) is 17.6. The summed E-state index contributed by atoms with van der Waals surface area (Å²) >= 11 is 0. The molecule has 3 aromatic rings. The van der Waals surface area contributed by atoms with Gasteiger partial charge in [-0.05, 0) is 49.6 Å². The molecule has 0 spiro atoms. The van der Waals surface area contributed by atoms with Gasteiger partial charge in [0.15, 0.2) is 5.82 Å². The van der Waals surface area contributed by atoms with Gasteiger partial charge in [-0.1, -0.05) is 24.3 Å². The number of aryl methyl sites for hydroxylation is 1. The van der Waals surface area contributed by atoms with Crippen molar-refractivity contribution < 1.29 is 14.3 Å². The van der Waals surface area contributed by atoms with Crippen LogP contribution in [-0.2, 0) is 4.79 Å². The first-order chi connectivity index (χ1) is 15.6. The van der Waals surface area contributed by atoms with E-state index in [-0.39, 0.29) is 11.8 Å². The second kappa shape index (κ2) is 9.68. The lowest BCUT2D eigenvalue weighted by Crippen LogP contribution is -2.38. The third-order valence-electron chi connectivity index (χ3n) is 5.93. The molecule has 1 aliphatic rings. The van der Waals surface area contributed by atoms with E-state index in [1.807, 2.05) is 24.3 Å². The Bertz CT molecular complexity index is 1080. The fourth-order valence-electron chi connectivity index (χ4n) is 4.01. The topological polar surface area (TPSA) is 76.6 Å². The summed E-state index contributed by atoms with van der Waals surface area (Å²) in [5, 5.41) is 11.9. The third-order valence-corrected chi connectivity index (χ3v) is 5.93. The number of amides is 1. The minimum Gasteiger partial charge on any atom is -0.497 e. The van der Waals surface area contributed by atoms with Crippen LogP contribution in [0, 0.1) is 12.8 Å². The normalized spacial score (nSPS) is 14.2. The van der Waals surface area contributed by atoms with Crippen LogP contribution in [0.25, 0.3) is 11.3 Å². The molecule has 0 aliphatic carbocycles. The summed E-state index contributed by atoms with van der Waals surface area (Å²) < 4.78 is 10.6. The van der Waals surface area contributed by atoms with Gasteiger partial charge in [-0.25, -0.2) is 0 Å². The first-order valence-electron chi connectivity index (χ1n) is 10.8. The molecule has 0 atom stereocenters. The quantitative estimate of drug-likeness (QED) is 0.625. The van der Waals surface area contributed by atoms with E-state index in [4.69, 9.17) is 9.47 Å². The van der Waals surface area contributed by atoms with Gasteiger partial charge in [0.05, 0.1) is 25.6 Å². The maximum atomic E-state index is 12.8. The van der Waals surface area contributed by atoms with Gasteiger partial charge in [-0.3, -0.25) is 4.79 Å². The molecule has 0 saturated carbocycles. The van der Waals surface area contributed by atoms with Crippen molar-refractivity contribution in [2.45, 2.75) is 19.8 Å². The van der Waals surface area contributed by atoms with Gasteiger partial charge in [0.1, 0.15) is 11.5 Å². The second-order valence-electron chi connectivity index (χ2n) is 7.91. The first-order valence-corrected chi connectivity index (χ1v) is 10.8. The lowest BCUT2D eigenvalue weighted by molar-refractivity contribution is -0.120. The highest BCUT2D eigenvalue weighted by Gasteiger charge is 2.26. The van der Waals surface area contributed by atoms with Crippen molar-refractivity contribution >= 4 is 17.4 Å². The maximum Gasteiger partial charge on any atom is 0.227 e. The predicted octanol–water partition coefficient (Wildman–Crippen LogP) is 4.32. The summed E-state index contributed by atoms with van der Waals surface area (Å²) in [5.74, 6) is 2.06. The maximum absolute atomic E-state index is 12.8. The number of nitrogens with zero attached hydrogens (tertiary/aromatic N) is 3. The Labute approximate surface area is 188 Å². The van der Waals surface area contributed by atoms with Crippen LogP contribution in [0.15, 0.2) is 54.6 Å². The molecule has 2 aromatic carbocycles. The highest BCUT2D eigenvalue weighted by molar-refractivity contribution is 5.94. The highest BCUT2D eigenvalue weighted by Crippen LogP contribution is 2.31. The van der Waals surface area contributed by atoms with Gasteiger partial charge in [0, 0.05) is 30.6 Å². The summed E-state index contributed by atoms with van der Waals surface area (Å²) in [4.78, 5) is 15.0. The standard InChI is InChI=1S/C25H28N4O3/c1-17-6-4-5-7-20(17)21-10-11-24(28-27-21)29-14-12-18(13-15-29)25(30)26-22-9-8-19(31-2)16-23(22)32-3/h4-11,16,18H,12-15H2,1-3H3,(H,26,30). The Kier molecular flexibility index (Phi) is 6.54. The molecule has 7 heteroatoms. The van der Waals surface area contributed by atoms with Crippen LogP contribution in [0.2, 0.25) is 0 Å². The molecule has 1 aromatic heterocycles. The number of carbonyl (C=O) groups is 1. The fourth-order valence-corrected chi connectivity index (χ4v) is 4.01. The third kappa shape index (κ3) is 4.66. The Morgan fingerprint density at radius 3 is 2.44 bits per heavy atom. The molecule has 32 heavy (non-hydrogen) atoms. The number of ether oxygens (including phenoxy) is 2. The van der Waals surface area contributed by atoms with Gasteiger partial charge in [-0.2, -0.15) is 0 Å². The predicted molar refractivity (Wildman–Crippen MR) is 125 cm³/mol. The van der Waals surface area contributed by atoms with E-state index in [0.29, 0.717) is 17.2 Å². The zero-order valence-corrected chi connectivity index (χ0v) is 18.7. The molecule has 1 aliphatic heterocycles. The Morgan fingerprint density at radius 2 is 1.78 bits per heavy atom. The molecule has 0 unspecified atom stereocenters. The second-order valence-corrected chi connectivity index (χ2v) is 7.91. The largest absolute Gasteiger partial charge is 0.497 e. The number of benzene rings is 2. The van der Waals surface area contributed by atoms with Crippen LogP contribution < -0.4 is 19.7 Å². The van der Waals surface area contributed by atoms with E-state index in [1.54, 1.807) is 32.4 Å². The fraction of sp³-hybridized carbons (Fsp3) is 0.320. The number of hydrogen-bond acceptors (Lipinski definition) is 6. The molecular weight excluding hydrogens is 404 g/mol. The van der Waals surface area contributed by atoms with E-state index in [2.05, 4.69) is 39.5 Å². The number of methoxy groups -OCH3 is 2. The van der Waals surface area contributed by atoms with Crippen molar-refractivity contribution in [2.24, 2.45) is 5.92 Å². The van der Waals surface area contributed by atoms with Gasteiger partial charge >= 0.3 is 0 Å². The van der Waals surface area contributed by atoms with Crippen LogP contribution in [0.3, 0.4) is 0 Å². The molecule has 1 N–H and O–H groups in total. The van der Waals surface area contributed by atoms with E-state index >= 15 is 0 Å². The van der Waals surface area contributed by atoms with Gasteiger partial charge < -0.3 is 19.7 Å². The van der Waals surface area contributed by atoms with Gasteiger partial charge in [-0.15, -0.1) is 10.2 Å². The lowest BCUT2D eigenvalue weighted by atomic mass is 9.95. The molecule has 4 rings (SSSR count). The van der Waals surface area contributed by atoms with Crippen molar-refractivity contribution in [1.82, 2.24) is 10.2 Å². The molecule has 1 fully saturated rings. The molecule has 0 bridgehead atoms. The van der Waals surface area contributed by atoms with Crippen LogP contribution in [0.5, 0.6) is 11.5 Å². The van der Waals surface area contributed by atoms with Gasteiger partial charge in [0.25, 0.3) is 0 Å². The molecule has 1 saturated heterocycles. The van der Waals surface area contributed by atoms with Crippen molar-refractivity contribution in [3.05, 3.63) is 60.2 Å². The molecular formula is C25H28N4O3. The van der Waals surface area contributed by atoms with E-state index < -0.39 is 0 Å². The summed E-state index contributed by atoms with van der Waals surface area (Å²) in [6.07, 6.45) is 1.51. The molecule has 0 radical (unpaired) electrons. The van der Waals surface area contributed by atoms with Crippen molar-refractivity contribution in [2.75, 3.05) is 37.5 Å². The number of carbonyl (C=O) groups excluding carboxylic acids is 1. The van der Waals surface area contributed by atoms with Gasteiger partial charge in [0.2, 0.25) is 5.91 Å². The van der Waals surface area contributed by atoms with E-state index in [0.717, 1.165) is 43.0 Å². The number of anilines is 2. The van der Waals surface area contributed by atoms with Crippen LogP contribution in [0.4, 0.5) is 11.5 Å². The van der Waals surface area contributed by atoms with E-state index in [9.17, 15) is 4.79 Å². The average molecular weight is 433 g/mol. The zero-order chi connectivity index (χ0) is 22.5. The van der Waals surface area contributed by atoms with Crippen molar-refractivity contribution in [3.8, 4) is 22.8 Å². The summed E-state index contributed by atoms with van der Waals surface area (Å²) in [5.41, 5.74) is 3.79. The summed E-state index contributed by atoms with van der Waals surface area (Å²) in [6.45, 7) is 3.59. The zero-order valence-electron chi connectivity index (χ0n) is 18.7.